The first kappa shape index (κ1) is 48.3. The Bertz CT molecular complexity index is 2340. The summed E-state index contributed by atoms with van der Waals surface area (Å²) < 4.78 is 46.3. The van der Waals surface area contributed by atoms with Crippen molar-refractivity contribution in [3.8, 4) is 51.6 Å². The SMILES string of the molecule is O=C(/C=C/c1ccc(O)cc1)O[C@@H]1[C@@H](O)[C@H](O[C@H]2[C@H](Oc3cc4c(O[C@@H]5O[C@H](CO)[C@@H](O)[C@H](O)[C@H]5O)cc(O)cc4[o+]c3-c3cc(O)c(O)c(O)c3)O[C@H](CO)[C@@H](O)[C@@H]2O)O[C@H](CO)[C@H]1O. The minimum atomic E-state index is -2.10. The summed E-state index contributed by atoms with van der Waals surface area (Å²) in [6.45, 7) is -2.68. The van der Waals surface area contributed by atoms with Crippen molar-refractivity contribution in [2.45, 2.75) is 92.1 Å². The monoisotopic (exact) mass is 935 g/mol. The summed E-state index contributed by atoms with van der Waals surface area (Å²) in [4.78, 5) is 12.9. The molecule has 3 saturated heterocycles. The number of carbonyl (C=O) groups excluding carboxylic acids is 1. The Balaban J connectivity index is 1.26. The minimum absolute atomic E-state index is 0.0366. The van der Waals surface area contributed by atoms with E-state index in [1.807, 2.05) is 0 Å². The van der Waals surface area contributed by atoms with Crippen LogP contribution in [0.1, 0.15) is 5.56 Å². The largest absolute Gasteiger partial charge is 0.508 e. The van der Waals surface area contributed by atoms with Crippen molar-refractivity contribution >= 4 is 23.0 Å². The van der Waals surface area contributed by atoms with Gasteiger partial charge < -0.3 is 110 Å². The summed E-state index contributed by atoms with van der Waals surface area (Å²) in [5.74, 6) is -5.60. The maximum absolute atomic E-state index is 12.9. The summed E-state index contributed by atoms with van der Waals surface area (Å²) in [5.41, 5.74) is -0.0285. The summed E-state index contributed by atoms with van der Waals surface area (Å²) in [5, 5.41) is 157. The van der Waals surface area contributed by atoms with Crippen molar-refractivity contribution < 1.29 is 119 Å². The number of hydrogen-bond acceptors (Lipinski definition) is 23. The van der Waals surface area contributed by atoms with Crippen LogP contribution < -0.4 is 9.47 Å². The van der Waals surface area contributed by atoms with Crippen LogP contribution >= 0.6 is 0 Å². The number of carbonyl (C=O) groups is 1. The van der Waals surface area contributed by atoms with E-state index >= 15 is 0 Å². The van der Waals surface area contributed by atoms with Gasteiger partial charge in [0.25, 0.3) is 0 Å². The van der Waals surface area contributed by atoms with Crippen LogP contribution in [0, 0.1) is 0 Å². The van der Waals surface area contributed by atoms with Crippen molar-refractivity contribution in [3.63, 3.8) is 0 Å². The predicted molar refractivity (Wildman–Crippen MR) is 215 cm³/mol. The van der Waals surface area contributed by atoms with E-state index in [-0.39, 0.29) is 28.0 Å². The highest BCUT2D eigenvalue weighted by atomic mass is 16.8. The van der Waals surface area contributed by atoms with Crippen LogP contribution in [0.15, 0.2) is 65.1 Å². The van der Waals surface area contributed by atoms with Crippen molar-refractivity contribution in [3.05, 3.63) is 66.2 Å². The molecule has 0 aliphatic carbocycles. The van der Waals surface area contributed by atoms with E-state index in [1.165, 1.54) is 30.3 Å². The average Bonchev–Trinajstić information content (AvgIpc) is 3.29. The van der Waals surface area contributed by atoms with Gasteiger partial charge in [0, 0.05) is 30.3 Å². The number of aliphatic hydroxyl groups excluding tert-OH is 10. The van der Waals surface area contributed by atoms with Crippen molar-refractivity contribution in [2.75, 3.05) is 19.8 Å². The molecule has 24 heteroatoms. The van der Waals surface area contributed by atoms with Gasteiger partial charge in [-0.2, -0.15) is 0 Å². The second-order valence-corrected chi connectivity index (χ2v) is 15.4. The molecule has 4 aromatic rings. The van der Waals surface area contributed by atoms with Crippen LogP contribution in [0.3, 0.4) is 0 Å². The zero-order valence-electron chi connectivity index (χ0n) is 34.0. The summed E-state index contributed by atoms with van der Waals surface area (Å²) in [6, 6.07) is 10.7. The van der Waals surface area contributed by atoms with Crippen molar-refractivity contribution in [1.82, 2.24) is 0 Å². The number of benzene rings is 3. The zero-order chi connectivity index (χ0) is 47.7. The van der Waals surface area contributed by atoms with Crippen LogP contribution in [0.25, 0.3) is 28.4 Å². The quantitative estimate of drug-likeness (QED) is 0.0282. The number of phenols is 5. The van der Waals surface area contributed by atoms with Gasteiger partial charge in [-0.05, 0) is 23.8 Å². The molecule has 3 aromatic carbocycles. The summed E-state index contributed by atoms with van der Waals surface area (Å²) >= 11 is 0. The maximum atomic E-state index is 12.9. The Morgan fingerprint density at radius 2 is 1.17 bits per heavy atom. The minimum Gasteiger partial charge on any atom is -0.508 e. The second kappa shape index (κ2) is 20.0. The molecule has 7 rings (SSSR count). The van der Waals surface area contributed by atoms with E-state index in [1.54, 1.807) is 0 Å². The fraction of sp³-hybridized carbons (Fsp3) is 0.429. The highest BCUT2D eigenvalue weighted by molar-refractivity contribution is 5.89. The molecule has 0 radical (unpaired) electrons. The van der Waals surface area contributed by atoms with Crippen molar-refractivity contribution in [1.29, 1.82) is 0 Å². The van der Waals surface area contributed by atoms with E-state index in [9.17, 15) is 81.4 Å². The van der Waals surface area contributed by atoms with Gasteiger partial charge in [0.2, 0.25) is 18.3 Å². The lowest BCUT2D eigenvalue weighted by Gasteiger charge is -2.46. The normalized spacial score (nSPS) is 32.6. The molecule has 4 heterocycles. The standard InChI is InChI=1S/C42H46O24/c43-12-25-30(52)33(55)35(57)40(62-25)60-23-10-18(47)9-22-19(23)11-24(37(59-22)16-7-20(48)29(51)21(49)8-16)61-42-39(34(56)31(53)26(13-44)64-42)66-41-36(58)38(32(54)27(14-45)63-41)65-28(50)6-3-15-1-4-17(46)5-2-15/h1-11,25-27,30-36,38-45,52-58H,12-14H2,(H4-,46,47,48,49,50,51)/p+1/t25-,26-,27-,30-,31-,32-,33+,34+,35-,36-,38+,39-,40-,41+,42-/m1/s1. The molecule has 3 aliphatic rings. The highest BCUT2D eigenvalue weighted by Crippen LogP contribution is 2.46. The lowest BCUT2D eigenvalue weighted by atomic mass is 9.97. The maximum Gasteiger partial charge on any atom is 0.402 e. The van der Waals surface area contributed by atoms with E-state index in [0.29, 0.717) is 5.56 Å². The van der Waals surface area contributed by atoms with Crippen LogP contribution in [0.4, 0.5) is 0 Å². The lowest BCUT2D eigenvalue weighted by molar-refractivity contribution is -0.358. The van der Waals surface area contributed by atoms with Gasteiger partial charge in [-0.25, -0.2) is 9.21 Å². The van der Waals surface area contributed by atoms with Crippen LogP contribution in [0.5, 0.6) is 40.2 Å². The molecule has 3 fully saturated rings. The van der Waals surface area contributed by atoms with E-state index in [2.05, 4.69) is 0 Å². The molecule has 15 N–H and O–H groups in total. The van der Waals surface area contributed by atoms with Gasteiger partial charge in [-0.15, -0.1) is 0 Å². The third-order valence-corrected chi connectivity index (χ3v) is 11.0. The molecule has 0 bridgehead atoms. The smallest absolute Gasteiger partial charge is 0.402 e. The van der Waals surface area contributed by atoms with Crippen LogP contribution in [-0.4, -0.2) is 195 Å². The molecular weight excluding hydrogens is 888 g/mol. The Labute approximate surface area is 371 Å². The molecule has 66 heavy (non-hydrogen) atoms. The number of fused-ring (bicyclic) bond motifs is 1. The lowest BCUT2D eigenvalue weighted by Crippen LogP contribution is -2.65. The van der Waals surface area contributed by atoms with Gasteiger partial charge in [0.1, 0.15) is 83.7 Å². The van der Waals surface area contributed by atoms with Crippen LogP contribution in [0.2, 0.25) is 0 Å². The molecule has 1 aromatic heterocycles. The number of phenolic OH excluding ortho intramolecular Hbond substituents is 5. The second-order valence-electron chi connectivity index (χ2n) is 15.4. The van der Waals surface area contributed by atoms with E-state index in [4.69, 9.17) is 37.6 Å². The molecule has 0 unspecified atom stereocenters. The Morgan fingerprint density at radius 3 is 1.80 bits per heavy atom. The highest BCUT2D eigenvalue weighted by Gasteiger charge is 2.53. The Hall–Kier alpha value is -5.68. The van der Waals surface area contributed by atoms with Gasteiger partial charge in [0.05, 0.1) is 31.5 Å². The molecule has 0 amide bonds. The van der Waals surface area contributed by atoms with Gasteiger partial charge >= 0.3 is 17.3 Å². The number of ether oxygens (including phenoxy) is 7. The fourth-order valence-corrected chi connectivity index (χ4v) is 7.39. The van der Waals surface area contributed by atoms with Crippen LogP contribution in [-0.2, 0) is 28.5 Å². The molecule has 0 saturated carbocycles. The zero-order valence-corrected chi connectivity index (χ0v) is 34.0. The molecular formula is C42H47O24+. The average molecular weight is 936 g/mol. The fourth-order valence-electron chi connectivity index (χ4n) is 7.39. The summed E-state index contributed by atoms with van der Waals surface area (Å²) in [7, 11) is 0. The topological polar surface area (TPSA) is 396 Å². The number of aromatic hydroxyl groups is 5. The number of aliphatic hydroxyl groups is 10. The predicted octanol–water partition coefficient (Wildman–Crippen LogP) is -2.65. The third-order valence-electron chi connectivity index (χ3n) is 11.0. The first-order valence-electron chi connectivity index (χ1n) is 20.0. The third kappa shape index (κ3) is 9.87. The van der Waals surface area contributed by atoms with E-state index < -0.39 is 152 Å². The molecule has 3 aliphatic heterocycles. The summed E-state index contributed by atoms with van der Waals surface area (Å²) in [6.07, 6.45) is -25.6. The first-order chi connectivity index (χ1) is 31.4. The molecule has 358 valence electrons. The number of esters is 1. The molecule has 15 atom stereocenters. The van der Waals surface area contributed by atoms with Gasteiger partial charge in [-0.1, -0.05) is 12.1 Å². The number of hydrogen-bond donors (Lipinski definition) is 15. The Kier molecular flexibility index (Phi) is 14.7. The molecule has 24 nitrogen and oxygen atoms in total. The Morgan fingerprint density at radius 1 is 0.591 bits per heavy atom. The molecule has 0 spiro atoms. The van der Waals surface area contributed by atoms with Gasteiger partial charge in [-0.3, -0.25) is 0 Å². The van der Waals surface area contributed by atoms with Crippen molar-refractivity contribution in [2.24, 2.45) is 0 Å². The van der Waals surface area contributed by atoms with E-state index in [0.717, 1.165) is 36.4 Å². The first-order valence-corrected chi connectivity index (χ1v) is 20.0. The number of rotatable bonds is 13. The van der Waals surface area contributed by atoms with Gasteiger partial charge in [0.15, 0.2) is 35.7 Å².